The largest absolute Gasteiger partial charge is 0.402 e. The number of benzene rings is 1. The Morgan fingerprint density at radius 3 is 2.41 bits per heavy atom. The molecule has 0 fully saturated rings. The van der Waals surface area contributed by atoms with Crippen LogP contribution in [0, 0.1) is 5.92 Å². The monoisotopic (exact) mass is 229 g/mol. The molecular formula is C14H15NO2. The Morgan fingerprint density at radius 1 is 1.29 bits per heavy atom. The number of carbonyl (C=O) groups is 1. The minimum atomic E-state index is -0.466. The normalized spacial score (nSPS) is 15.1. The number of hydrogen-bond acceptors (Lipinski definition) is 3. The SMILES string of the molecule is C=C1N=C(c2ccc(CC(C)C)cc2)OC1=O. The summed E-state index contributed by atoms with van der Waals surface area (Å²) in [6.45, 7) is 7.87. The van der Waals surface area contributed by atoms with Gasteiger partial charge in [-0.2, -0.15) is 0 Å². The van der Waals surface area contributed by atoms with Crippen molar-refractivity contribution in [2.75, 3.05) is 0 Å². The van der Waals surface area contributed by atoms with Gasteiger partial charge >= 0.3 is 5.97 Å². The Labute approximate surface area is 101 Å². The molecule has 1 aliphatic heterocycles. The molecule has 0 aliphatic carbocycles. The lowest BCUT2D eigenvalue weighted by Crippen LogP contribution is -2.05. The van der Waals surface area contributed by atoms with Gasteiger partial charge in [-0.15, -0.1) is 0 Å². The molecule has 88 valence electrons. The first-order valence-corrected chi connectivity index (χ1v) is 5.65. The summed E-state index contributed by atoms with van der Waals surface area (Å²) in [7, 11) is 0. The van der Waals surface area contributed by atoms with Gasteiger partial charge in [-0.3, -0.25) is 0 Å². The van der Waals surface area contributed by atoms with Crippen molar-refractivity contribution in [1.29, 1.82) is 0 Å². The highest BCUT2D eigenvalue weighted by Crippen LogP contribution is 2.16. The van der Waals surface area contributed by atoms with Gasteiger partial charge in [0.25, 0.3) is 0 Å². The van der Waals surface area contributed by atoms with Crippen LogP contribution in [-0.2, 0) is 16.0 Å². The fourth-order valence-corrected chi connectivity index (χ4v) is 1.72. The summed E-state index contributed by atoms with van der Waals surface area (Å²) in [5, 5.41) is 0. The van der Waals surface area contributed by atoms with Crippen molar-refractivity contribution in [2.45, 2.75) is 20.3 Å². The average molecular weight is 229 g/mol. The Kier molecular flexibility index (Phi) is 3.09. The van der Waals surface area contributed by atoms with Crippen LogP contribution in [0.15, 0.2) is 41.5 Å². The maximum absolute atomic E-state index is 11.1. The summed E-state index contributed by atoms with van der Waals surface area (Å²) in [4.78, 5) is 15.1. The second-order valence-corrected chi connectivity index (χ2v) is 4.55. The van der Waals surface area contributed by atoms with Crippen molar-refractivity contribution in [2.24, 2.45) is 10.9 Å². The second-order valence-electron chi connectivity index (χ2n) is 4.55. The number of cyclic esters (lactones) is 1. The van der Waals surface area contributed by atoms with Crippen LogP contribution in [0.4, 0.5) is 0 Å². The minimum absolute atomic E-state index is 0.159. The molecule has 0 unspecified atom stereocenters. The van der Waals surface area contributed by atoms with Crippen molar-refractivity contribution in [3.05, 3.63) is 47.7 Å². The van der Waals surface area contributed by atoms with Gasteiger partial charge in [-0.05, 0) is 30.0 Å². The van der Waals surface area contributed by atoms with Gasteiger partial charge in [0.05, 0.1) is 0 Å². The Balaban J connectivity index is 2.16. The fraction of sp³-hybridized carbons (Fsp3) is 0.286. The van der Waals surface area contributed by atoms with Crippen LogP contribution >= 0.6 is 0 Å². The van der Waals surface area contributed by atoms with E-state index in [-0.39, 0.29) is 5.70 Å². The van der Waals surface area contributed by atoms with Crippen molar-refractivity contribution >= 4 is 11.9 Å². The predicted molar refractivity (Wildman–Crippen MR) is 66.8 cm³/mol. The molecule has 0 spiro atoms. The van der Waals surface area contributed by atoms with Crippen molar-refractivity contribution < 1.29 is 9.53 Å². The molecule has 1 aliphatic rings. The first-order valence-electron chi connectivity index (χ1n) is 5.65. The van der Waals surface area contributed by atoms with Gasteiger partial charge in [0, 0.05) is 5.56 Å². The average Bonchev–Trinajstić information content (AvgIpc) is 2.59. The quantitative estimate of drug-likeness (QED) is 0.590. The highest BCUT2D eigenvalue weighted by molar-refractivity contribution is 6.10. The predicted octanol–water partition coefficient (Wildman–Crippen LogP) is 2.70. The lowest BCUT2D eigenvalue weighted by Gasteiger charge is -2.05. The topological polar surface area (TPSA) is 38.7 Å². The molecule has 3 heteroatoms. The molecule has 1 aromatic rings. The Bertz CT molecular complexity index is 483. The maximum Gasteiger partial charge on any atom is 0.363 e. The van der Waals surface area contributed by atoms with Crippen molar-refractivity contribution in [3.63, 3.8) is 0 Å². The van der Waals surface area contributed by atoms with Gasteiger partial charge < -0.3 is 4.74 Å². The maximum atomic E-state index is 11.1. The molecule has 3 nitrogen and oxygen atoms in total. The number of nitrogens with zero attached hydrogens (tertiary/aromatic N) is 1. The molecular weight excluding hydrogens is 214 g/mol. The summed E-state index contributed by atoms with van der Waals surface area (Å²) in [5.74, 6) is 0.504. The molecule has 17 heavy (non-hydrogen) atoms. The summed E-state index contributed by atoms with van der Waals surface area (Å²) in [6, 6.07) is 7.91. The van der Waals surface area contributed by atoms with Crippen LogP contribution in [0.2, 0.25) is 0 Å². The number of ether oxygens (including phenoxy) is 1. The summed E-state index contributed by atoms with van der Waals surface area (Å²) < 4.78 is 4.99. The number of carbonyl (C=O) groups excluding carboxylic acids is 1. The third-order valence-corrected chi connectivity index (χ3v) is 2.51. The van der Waals surface area contributed by atoms with Crippen LogP contribution in [0.5, 0.6) is 0 Å². The summed E-state index contributed by atoms with van der Waals surface area (Å²) in [6.07, 6.45) is 1.04. The van der Waals surface area contributed by atoms with Gasteiger partial charge in [0.15, 0.2) is 0 Å². The summed E-state index contributed by atoms with van der Waals surface area (Å²) in [5.41, 5.74) is 2.24. The third kappa shape index (κ3) is 2.61. The smallest absolute Gasteiger partial charge is 0.363 e. The molecule has 0 atom stereocenters. The van der Waals surface area contributed by atoms with Crippen LogP contribution in [0.25, 0.3) is 0 Å². The number of rotatable bonds is 3. The zero-order chi connectivity index (χ0) is 12.4. The molecule has 1 aromatic carbocycles. The van der Waals surface area contributed by atoms with Crippen LogP contribution in [-0.4, -0.2) is 11.9 Å². The number of esters is 1. The third-order valence-electron chi connectivity index (χ3n) is 2.51. The number of aliphatic imine (C=N–C) groups is 1. The lowest BCUT2D eigenvalue weighted by molar-refractivity contribution is -0.129. The molecule has 0 bridgehead atoms. The first-order chi connectivity index (χ1) is 8.06. The highest BCUT2D eigenvalue weighted by atomic mass is 16.6. The van der Waals surface area contributed by atoms with E-state index < -0.39 is 5.97 Å². The van der Waals surface area contributed by atoms with Gasteiger partial charge in [-0.1, -0.05) is 32.6 Å². The van der Waals surface area contributed by atoms with E-state index in [0.29, 0.717) is 11.8 Å². The Hall–Kier alpha value is -1.90. The molecule has 1 heterocycles. The van der Waals surface area contributed by atoms with Crippen molar-refractivity contribution in [1.82, 2.24) is 0 Å². The molecule has 0 saturated carbocycles. The molecule has 0 saturated heterocycles. The zero-order valence-electron chi connectivity index (χ0n) is 10.1. The van der Waals surface area contributed by atoms with E-state index in [9.17, 15) is 4.79 Å². The van der Waals surface area contributed by atoms with E-state index in [4.69, 9.17) is 4.74 Å². The molecule has 0 aromatic heterocycles. The van der Waals surface area contributed by atoms with E-state index in [1.165, 1.54) is 5.56 Å². The molecule has 0 amide bonds. The highest BCUT2D eigenvalue weighted by Gasteiger charge is 2.21. The number of hydrogen-bond donors (Lipinski definition) is 0. The van der Waals surface area contributed by atoms with E-state index in [1.54, 1.807) is 0 Å². The second kappa shape index (κ2) is 4.53. The van der Waals surface area contributed by atoms with Gasteiger partial charge in [0.2, 0.25) is 5.90 Å². The van der Waals surface area contributed by atoms with Gasteiger partial charge in [-0.25, -0.2) is 9.79 Å². The molecule has 2 rings (SSSR count). The van der Waals surface area contributed by atoms with Crippen LogP contribution in [0.1, 0.15) is 25.0 Å². The van der Waals surface area contributed by atoms with E-state index in [0.717, 1.165) is 12.0 Å². The van der Waals surface area contributed by atoms with Crippen molar-refractivity contribution in [3.8, 4) is 0 Å². The zero-order valence-corrected chi connectivity index (χ0v) is 10.1. The van der Waals surface area contributed by atoms with Gasteiger partial charge in [0.1, 0.15) is 5.70 Å². The van der Waals surface area contributed by atoms with E-state index in [2.05, 4.69) is 25.4 Å². The molecule has 0 N–H and O–H groups in total. The molecule has 0 radical (unpaired) electrons. The minimum Gasteiger partial charge on any atom is -0.402 e. The fourth-order valence-electron chi connectivity index (χ4n) is 1.72. The lowest BCUT2D eigenvalue weighted by atomic mass is 10.0. The summed E-state index contributed by atoms with van der Waals surface area (Å²) >= 11 is 0. The Morgan fingerprint density at radius 2 is 1.94 bits per heavy atom. The van der Waals surface area contributed by atoms with E-state index >= 15 is 0 Å². The van der Waals surface area contributed by atoms with Crippen LogP contribution in [0.3, 0.4) is 0 Å². The standard InChI is InChI=1S/C14H15NO2/c1-9(2)8-11-4-6-12(7-5-11)13-15-10(3)14(16)17-13/h4-7,9H,3,8H2,1-2H3. The van der Waals surface area contributed by atoms with E-state index in [1.807, 2.05) is 24.3 Å². The first kappa shape index (κ1) is 11.6. The van der Waals surface area contributed by atoms with Crippen LogP contribution < -0.4 is 0 Å².